The van der Waals surface area contributed by atoms with Crippen LogP contribution in [0.1, 0.15) is 0 Å². The maximum atomic E-state index is 5.21. The van der Waals surface area contributed by atoms with Crippen molar-refractivity contribution in [2.45, 2.75) is 0 Å². The maximum absolute atomic E-state index is 5.21. The molecular formula is C2H4GaN2S4. The second-order valence-corrected chi connectivity index (χ2v) is 11.1. The molecule has 0 spiro atoms. The van der Waals surface area contributed by atoms with Gasteiger partial charge in [-0.05, 0) is 0 Å². The summed E-state index contributed by atoms with van der Waals surface area (Å²) in [5.74, 6) is 0. The van der Waals surface area contributed by atoms with E-state index in [1.165, 1.54) is 19.4 Å². The van der Waals surface area contributed by atoms with Crippen molar-refractivity contribution < 1.29 is 0 Å². The summed E-state index contributed by atoms with van der Waals surface area (Å²) in [6, 6.07) is 0. The predicted octanol–water partition coefficient (Wildman–Crippen LogP) is 0.474. The van der Waals surface area contributed by atoms with Gasteiger partial charge in [0.25, 0.3) is 0 Å². The Bertz CT molecular complexity index is 112. The quantitative estimate of drug-likeness (QED) is 0.552. The van der Waals surface area contributed by atoms with Crippen LogP contribution >= 0.6 is 43.8 Å². The molecule has 0 aromatic rings. The third kappa shape index (κ3) is 9.12. The van der Waals surface area contributed by atoms with Gasteiger partial charge in [-0.25, -0.2) is 0 Å². The van der Waals surface area contributed by atoms with E-state index in [1.807, 2.05) is 0 Å². The van der Waals surface area contributed by atoms with Gasteiger partial charge in [0, 0.05) is 0 Å². The molecule has 9 heavy (non-hydrogen) atoms. The first-order valence-electron chi connectivity index (χ1n) is 1.87. The van der Waals surface area contributed by atoms with E-state index in [4.69, 9.17) is 11.5 Å². The monoisotopic (exact) mass is 253 g/mol. The summed E-state index contributed by atoms with van der Waals surface area (Å²) in [7, 11) is 3.04. The molecule has 0 aliphatic carbocycles. The number of nitrogens with two attached hydrogens (primary N) is 2. The molecule has 49 valence electrons. The minimum atomic E-state index is -0.520. The van der Waals surface area contributed by atoms with Crippen molar-refractivity contribution in [3.63, 3.8) is 0 Å². The van der Waals surface area contributed by atoms with Crippen LogP contribution in [-0.2, 0) is 0 Å². The first-order chi connectivity index (χ1) is 4.13. The van der Waals surface area contributed by atoms with Crippen LogP contribution in [0.2, 0.25) is 0 Å². The van der Waals surface area contributed by atoms with Gasteiger partial charge >= 0.3 is 78.9 Å². The minimum absolute atomic E-state index is 0.499. The Morgan fingerprint density at radius 2 is 1.44 bits per heavy atom. The Kier molecular flexibility index (Phi) is 6.60. The summed E-state index contributed by atoms with van der Waals surface area (Å²) < 4.78 is 0.998. The molecular weight excluding hydrogens is 250 g/mol. The second kappa shape index (κ2) is 5.87. The van der Waals surface area contributed by atoms with Crippen molar-refractivity contribution >= 4 is 67.4 Å². The summed E-state index contributed by atoms with van der Waals surface area (Å²) in [4.78, 5) is 0. The summed E-state index contributed by atoms with van der Waals surface area (Å²) in [6.07, 6.45) is 0. The van der Waals surface area contributed by atoms with Gasteiger partial charge in [-0.1, -0.05) is 0 Å². The van der Waals surface area contributed by atoms with Crippen molar-refractivity contribution in [3.8, 4) is 0 Å². The van der Waals surface area contributed by atoms with Crippen molar-refractivity contribution in [2.24, 2.45) is 11.5 Å². The molecule has 0 aromatic heterocycles. The van der Waals surface area contributed by atoms with Crippen LogP contribution in [0, 0.1) is 0 Å². The van der Waals surface area contributed by atoms with Gasteiger partial charge in [-0.15, -0.1) is 0 Å². The molecule has 0 aliphatic rings. The van der Waals surface area contributed by atoms with Gasteiger partial charge in [0.2, 0.25) is 0 Å². The Hall–Kier alpha value is 1.12. The number of hydrogen-bond acceptors (Lipinski definition) is 4. The molecule has 0 bridgehead atoms. The van der Waals surface area contributed by atoms with Gasteiger partial charge in [-0.3, -0.25) is 0 Å². The van der Waals surface area contributed by atoms with E-state index < -0.39 is 15.0 Å². The topological polar surface area (TPSA) is 52.0 Å². The van der Waals surface area contributed by atoms with E-state index in [0.717, 1.165) is 0 Å². The second-order valence-electron chi connectivity index (χ2n) is 0.970. The van der Waals surface area contributed by atoms with Crippen LogP contribution in [0.5, 0.6) is 0 Å². The van der Waals surface area contributed by atoms with Crippen LogP contribution in [-0.4, -0.2) is 23.6 Å². The van der Waals surface area contributed by atoms with Crippen LogP contribution in [0.25, 0.3) is 0 Å². The van der Waals surface area contributed by atoms with E-state index in [-0.39, 0.29) is 0 Å². The number of thiocarbonyl (C=S) groups is 2. The number of hydrogen-bond donors (Lipinski definition) is 2. The zero-order valence-electron chi connectivity index (χ0n) is 4.37. The van der Waals surface area contributed by atoms with Gasteiger partial charge < -0.3 is 0 Å². The molecule has 1 radical (unpaired) electrons. The van der Waals surface area contributed by atoms with Crippen molar-refractivity contribution in [2.75, 3.05) is 0 Å². The summed E-state index contributed by atoms with van der Waals surface area (Å²) >= 11 is 8.74. The average molecular weight is 254 g/mol. The van der Waals surface area contributed by atoms with E-state index in [1.54, 1.807) is 0 Å². The molecule has 0 rings (SSSR count). The van der Waals surface area contributed by atoms with Gasteiger partial charge in [0.05, 0.1) is 0 Å². The average Bonchev–Trinajstić information content (AvgIpc) is 1.63. The molecule has 0 unspecified atom stereocenters. The summed E-state index contributed by atoms with van der Waals surface area (Å²) in [5.41, 5.74) is 10.4. The molecule has 7 heteroatoms. The first-order valence-corrected chi connectivity index (χ1v) is 10.4. The zero-order valence-corrected chi connectivity index (χ0v) is 10.1. The zero-order chi connectivity index (χ0) is 7.28. The van der Waals surface area contributed by atoms with Crippen LogP contribution in [0.4, 0.5) is 0 Å². The normalized spacial score (nSPS) is 8.44. The molecule has 0 aliphatic heterocycles. The molecule has 2 nitrogen and oxygen atoms in total. The molecule has 0 aromatic carbocycles. The van der Waals surface area contributed by atoms with Crippen LogP contribution < -0.4 is 11.5 Å². The molecule has 0 saturated carbocycles. The third-order valence-corrected chi connectivity index (χ3v) is 11.1. The van der Waals surface area contributed by atoms with Gasteiger partial charge in [0.15, 0.2) is 0 Å². The Morgan fingerprint density at radius 3 is 1.67 bits per heavy atom. The van der Waals surface area contributed by atoms with Gasteiger partial charge in [0.1, 0.15) is 0 Å². The fraction of sp³-hybridized carbons (Fsp3) is 0. The Balaban J connectivity index is 3.10. The standard InChI is InChI=1S/2CH3NS2.Ga/c2*2-1(3)4;/h2*(H3,2,3,4);/q;;+2/p-2. The molecule has 0 atom stereocenters. The Morgan fingerprint density at radius 1 is 1.11 bits per heavy atom. The van der Waals surface area contributed by atoms with E-state index >= 15 is 0 Å². The third-order valence-electron chi connectivity index (χ3n) is 0.329. The van der Waals surface area contributed by atoms with Crippen molar-refractivity contribution in [3.05, 3.63) is 0 Å². The van der Waals surface area contributed by atoms with Crippen LogP contribution in [0.15, 0.2) is 0 Å². The van der Waals surface area contributed by atoms with E-state index in [2.05, 4.69) is 24.4 Å². The fourth-order valence-electron chi connectivity index (χ4n) is 0.119. The molecule has 0 fully saturated rings. The van der Waals surface area contributed by atoms with E-state index in [0.29, 0.717) is 8.64 Å². The van der Waals surface area contributed by atoms with Gasteiger partial charge in [-0.2, -0.15) is 0 Å². The molecule has 0 amide bonds. The SMILES string of the molecule is NC(=S)[S][Ga][S]C(N)=S. The van der Waals surface area contributed by atoms with Crippen LogP contribution in [0.3, 0.4) is 0 Å². The van der Waals surface area contributed by atoms with Crippen molar-refractivity contribution in [1.82, 2.24) is 0 Å². The first kappa shape index (κ1) is 10.1. The van der Waals surface area contributed by atoms with Crippen molar-refractivity contribution in [1.29, 1.82) is 0 Å². The molecule has 0 heterocycles. The Labute approximate surface area is 78.3 Å². The number of rotatable bonds is 2. The summed E-state index contributed by atoms with van der Waals surface area (Å²) in [5, 5.41) is 0. The van der Waals surface area contributed by atoms with E-state index in [9.17, 15) is 0 Å². The molecule has 0 saturated heterocycles. The summed E-state index contributed by atoms with van der Waals surface area (Å²) in [6.45, 7) is 0. The fourth-order valence-corrected chi connectivity index (χ4v) is 9.23. The molecule has 4 N–H and O–H groups in total. The predicted molar refractivity (Wildman–Crippen MR) is 54.5 cm³/mol.